The summed E-state index contributed by atoms with van der Waals surface area (Å²) < 4.78 is 0. The second-order valence-corrected chi connectivity index (χ2v) is 3.05. The van der Waals surface area contributed by atoms with Crippen molar-refractivity contribution in [1.82, 2.24) is 9.99 Å². The van der Waals surface area contributed by atoms with Gasteiger partial charge in [0.15, 0.2) is 0 Å². The highest BCUT2D eigenvalue weighted by molar-refractivity contribution is 6.29. The monoisotopic (exact) mass is 212 g/mol. The molecule has 0 N–H and O–H groups in total. The highest BCUT2D eigenvalue weighted by Crippen LogP contribution is 2.15. The number of pyridine rings is 1. The third-order valence-corrected chi connectivity index (χ3v) is 1.93. The molecule has 14 heavy (non-hydrogen) atoms. The van der Waals surface area contributed by atoms with Crippen molar-refractivity contribution in [2.45, 2.75) is 13.8 Å². The molecule has 1 rings (SSSR count). The molecular weight excluding hydrogens is 200 g/mol. The van der Waals surface area contributed by atoms with Crippen LogP contribution in [-0.4, -0.2) is 23.1 Å². The SMILES string of the molecule is CCN(CC)N=Nc1ccnc(Cl)c1. The minimum atomic E-state index is 0.431. The van der Waals surface area contributed by atoms with E-state index in [1.54, 1.807) is 18.3 Å². The zero-order valence-corrected chi connectivity index (χ0v) is 9.07. The maximum Gasteiger partial charge on any atom is 0.131 e. The molecule has 76 valence electrons. The summed E-state index contributed by atoms with van der Waals surface area (Å²) in [5.41, 5.74) is 0.719. The summed E-state index contributed by atoms with van der Waals surface area (Å²) in [6.07, 6.45) is 1.61. The van der Waals surface area contributed by atoms with E-state index in [4.69, 9.17) is 11.6 Å². The van der Waals surface area contributed by atoms with Gasteiger partial charge in [0.05, 0.1) is 5.69 Å². The van der Waals surface area contributed by atoms with Crippen molar-refractivity contribution >= 4 is 17.3 Å². The van der Waals surface area contributed by atoms with Gasteiger partial charge in [-0.05, 0) is 19.9 Å². The van der Waals surface area contributed by atoms with Crippen LogP contribution in [0.4, 0.5) is 5.69 Å². The highest BCUT2D eigenvalue weighted by Gasteiger charge is 1.94. The fourth-order valence-electron chi connectivity index (χ4n) is 0.919. The largest absolute Gasteiger partial charge is 0.279 e. The van der Waals surface area contributed by atoms with Crippen molar-refractivity contribution in [3.05, 3.63) is 23.5 Å². The Labute approximate surface area is 88.6 Å². The fraction of sp³-hybridized carbons (Fsp3) is 0.444. The number of hydrogen-bond acceptors (Lipinski definition) is 3. The molecule has 0 atom stereocenters. The van der Waals surface area contributed by atoms with Crippen LogP contribution >= 0.6 is 11.6 Å². The van der Waals surface area contributed by atoms with Gasteiger partial charge < -0.3 is 0 Å². The van der Waals surface area contributed by atoms with Crippen molar-refractivity contribution in [2.24, 2.45) is 10.3 Å². The Balaban J connectivity index is 2.67. The summed E-state index contributed by atoms with van der Waals surface area (Å²) in [4.78, 5) is 3.86. The lowest BCUT2D eigenvalue weighted by Crippen LogP contribution is -2.14. The number of nitrogens with zero attached hydrogens (tertiary/aromatic N) is 4. The topological polar surface area (TPSA) is 40.9 Å². The zero-order chi connectivity index (χ0) is 10.4. The van der Waals surface area contributed by atoms with Gasteiger partial charge in [-0.3, -0.25) is 5.01 Å². The Morgan fingerprint density at radius 3 is 2.71 bits per heavy atom. The molecule has 0 saturated heterocycles. The molecule has 4 nitrogen and oxygen atoms in total. The van der Waals surface area contributed by atoms with Gasteiger partial charge in [0.1, 0.15) is 5.15 Å². The number of hydrogen-bond donors (Lipinski definition) is 0. The highest BCUT2D eigenvalue weighted by atomic mass is 35.5. The summed E-state index contributed by atoms with van der Waals surface area (Å²) in [5, 5.41) is 10.4. The first kappa shape index (κ1) is 10.9. The Morgan fingerprint density at radius 2 is 2.14 bits per heavy atom. The van der Waals surface area contributed by atoms with Gasteiger partial charge in [0, 0.05) is 25.4 Å². The van der Waals surface area contributed by atoms with Crippen LogP contribution in [0.3, 0.4) is 0 Å². The molecule has 1 heterocycles. The standard InChI is InChI=1S/C9H13ClN4/c1-3-14(4-2)13-12-8-5-6-11-9(10)7-8/h5-7H,3-4H2,1-2H3. The first-order valence-corrected chi connectivity index (χ1v) is 4.92. The molecule has 0 fully saturated rings. The number of aromatic nitrogens is 1. The van der Waals surface area contributed by atoms with Crippen LogP contribution in [0.2, 0.25) is 5.15 Å². The molecule has 1 aromatic rings. The van der Waals surface area contributed by atoms with Gasteiger partial charge in [-0.25, -0.2) is 4.98 Å². The van der Waals surface area contributed by atoms with Gasteiger partial charge in [0.25, 0.3) is 0 Å². The van der Waals surface area contributed by atoms with Gasteiger partial charge >= 0.3 is 0 Å². The third-order valence-electron chi connectivity index (χ3n) is 1.73. The summed E-state index contributed by atoms with van der Waals surface area (Å²) in [6, 6.07) is 3.44. The van der Waals surface area contributed by atoms with Crippen molar-refractivity contribution in [2.75, 3.05) is 13.1 Å². The Kier molecular flexibility index (Phi) is 4.32. The van der Waals surface area contributed by atoms with Crippen molar-refractivity contribution in [3.8, 4) is 0 Å². The van der Waals surface area contributed by atoms with Crippen molar-refractivity contribution < 1.29 is 0 Å². The predicted octanol–water partition coefficient (Wildman–Crippen LogP) is 3.08. The lowest BCUT2D eigenvalue weighted by atomic mass is 10.4. The molecule has 0 spiro atoms. The Hall–Kier alpha value is -1.16. The van der Waals surface area contributed by atoms with E-state index in [-0.39, 0.29) is 0 Å². The van der Waals surface area contributed by atoms with E-state index in [9.17, 15) is 0 Å². The molecule has 0 aliphatic rings. The minimum Gasteiger partial charge on any atom is -0.279 e. The molecule has 0 bridgehead atoms. The van der Waals surface area contributed by atoms with Crippen LogP contribution in [-0.2, 0) is 0 Å². The first-order valence-electron chi connectivity index (χ1n) is 4.54. The van der Waals surface area contributed by atoms with Gasteiger partial charge in [-0.1, -0.05) is 16.8 Å². The molecule has 0 aliphatic heterocycles. The molecule has 0 amide bonds. The second kappa shape index (κ2) is 5.54. The van der Waals surface area contributed by atoms with Crippen LogP contribution in [0, 0.1) is 0 Å². The quantitative estimate of drug-likeness (QED) is 0.437. The van der Waals surface area contributed by atoms with E-state index in [0.717, 1.165) is 18.8 Å². The van der Waals surface area contributed by atoms with Crippen LogP contribution in [0.25, 0.3) is 0 Å². The van der Waals surface area contributed by atoms with Crippen LogP contribution in [0.15, 0.2) is 28.7 Å². The number of halogens is 1. The van der Waals surface area contributed by atoms with Crippen LogP contribution in [0.1, 0.15) is 13.8 Å². The van der Waals surface area contributed by atoms with Crippen LogP contribution in [0.5, 0.6) is 0 Å². The lowest BCUT2D eigenvalue weighted by Gasteiger charge is -2.10. The molecule has 5 heteroatoms. The lowest BCUT2D eigenvalue weighted by molar-refractivity contribution is 0.300. The predicted molar refractivity (Wildman–Crippen MR) is 56.7 cm³/mol. The van der Waals surface area contributed by atoms with E-state index in [1.807, 2.05) is 18.9 Å². The zero-order valence-electron chi connectivity index (χ0n) is 8.31. The second-order valence-electron chi connectivity index (χ2n) is 2.67. The molecule has 0 radical (unpaired) electrons. The maximum atomic E-state index is 5.70. The smallest absolute Gasteiger partial charge is 0.131 e. The van der Waals surface area contributed by atoms with Crippen LogP contribution < -0.4 is 0 Å². The molecule has 0 aromatic carbocycles. The average molecular weight is 213 g/mol. The molecule has 0 unspecified atom stereocenters. The van der Waals surface area contributed by atoms with E-state index in [0.29, 0.717) is 5.15 Å². The van der Waals surface area contributed by atoms with Crippen molar-refractivity contribution in [3.63, 3.8) is 0 Å². The third kappa shape index (κ3) is 3.30. The summed E-state index contributed by atoms with van der Waals surface area (Å²) >= 11 is 5.70. The molecule has 0 aliphatic carbocycles. The maximum absolute atomic E-state index is 5.70. The molecular formula is C9H13ClN4. The van der Waals surface area contributed by atoms with E-state index < -0.39 is 0 Å². The van der Waals surface area contributed by atoms with Gasteiger partial charge in [-0.2, -0.15) is 0 Å². The van der Waals surface area contributed by atoms with Crippen molar-refractivity contribution in [1.29, 1.82) is 0 Å². The molecule has 1 aromatic heterocycles. The van der Waals surface area contributed by atoms with E-state index in [2.05, 4.69) is 15.3 Å². The summed E-state index contributed by atoms with van der Waals surface area (Å²) in [6.45, 7) is 5.75. The Morgan fingerprint density at radius 1 is 1.43 bits per heavy atom. The molecule has 0 saturated carbocycles. The fourth-order valence-corrected chi connectivity index (χ4v) is 1.09. The number of rotatable bonds is 4. The Bertz CT molecular complexity index is 309. The van der Waals surface area contributed by atoms with Gasteiger partial charge in [0.2, 0.25) is 0 Å². The first-order chi connectivity index (χ1) is 6.76. The average Bonchev–Trinajstić information content (AvgIpc) is 2.19. The van der Waals surface area contributed by atoms with Gasteiger partial charge in [-0.15, -0.1) is 5.11 Å². The normalized spacial score (nSPS) is 10.8. The summed E-state index contributed by atoms with van der Waals surface area (Å²) in [7, 11) is 0. The van der Waals surface area contributed by atoms with E-state index in [1.165, 1.54) is 0 Å². The minimum absolute atomic E-state index is 0.431. The van der Waals surface area contributed by atoms with E-state index >= 15 is 0 Å². The summed E-state index contributed by atoms with van der Waals surface area (Å²) in [5.74, 6) is 0.